The Balaban J connectivity index is 1.90. The number of benzene rings is 2. The number of anilines is 2. The molecule has 3 aromatic rings. The molecule has 0 saturated carbocycles. The molecule has 7 nitrogen and oxygen atoms in total. The first-order chi connectivity index (χ1) is 14.0. The van der Waals surface area contributed by atoms with Crippen LogP contribution in [0.4, 0.5) is 11.4 Å². The molecule has 0 fully saturated rings. The fraction of sp³-hybridized carbons (Fsp3) is 0.300. The van der Waals surface area contributed by atoms with Gasteiger partial charge in [-0.05, 0) is 63.2 Å². The van der Waals surface area contributed by atoms with Gasteiger partial charge >= 0.3 is 4.87 Å². The van der Waals surface area contributed by atoms with Crippen molar-refractivity contribution in [1.82, 2.24) is 4.57 Å². The van der Waals surface area contributed by atoms with Crippen molar-refractivity contribution in [2.75, 3.05) is 15.9 Å². The van der Waals surface area contributed by atoms with Crippen molar-refractivity contribution in [2.24, 2.45) is 0 Å². The summed E-state index contributed by atoms with van der Waals surface area (Å²) in [4.78, 5) is 25.0. The molecular weight excluding hydrogens is 446 g/mol. The first kappa shape index (κ1) is 22.3. The van der Waals surface area contributed by atoms with Gasteiger partial charge in [0, 0.05) is 16.8 Å². The van der Waals surface area contributed by atoms with Gasteiger partial charge in [0.1, 0.15) is 6.04 Å². The summed E-state index contributed by atoms with van der Waals surface area (Å²) in [6.07, 6.45) is 1.05. The van der Waals surface area contributed by atoms with E-state index in [4.69, 9.17) is 11.6 Å². The molecule has 1 amide bonds. The fourth-order valence-corrected chi connectivity index (χ4v) is 5.60. The Morgan fingerprint density at radius 3 is 2.33 bits per heavy atom. The van der Waals surface area contributed by atoms with Crippen LogP contribution in [0.1, 0.15) is 26.8 Å². The third-order valence-corrected chi connectivity index (χ3v) is 6.98. The van der Waals surface area contributed by atoms with Gasteiger partial charge in [0.2, 0.25) is 15.9 Å². The van der Waals surface area contributed by atoms with Crippen LogP contribution in [0.15, 0.2) is 47.3 Å². The standard InChI is InChI=1S/C20H22ClN3O4S2/c1-12(2)23-17-10-7-15(11-18(17)29-20(23)26)22-19(25)13(3)24(30(4,27)28)16-8-5-14(21)6-9-16/h5-13H,1-4H3,(H,22,25)/t13-/m0/s1. The van der Waals surface area contributed by atoms with E-state index in [0.29, 0.717) is 16.4 Å². The molecule has 10 heteroatoms. The van der Waals surface area contributed by atoms with E-state index in [1.807, 2.05) is 13.8 Å². The molecule has 0 aliphatic carbocycles. The van der Waals surface area contributed by atoms with Gasteiger partial charge in [-0.1, -0.05) is 22.9 Å². The molecule has 0 unspecified atom stereocenters. The van der Waals surface area contributed by atoms with E-state index >= 15 is 0 Å². The molecule has 1 N–H and O–H groups in total. The Hall–Kier alpha value is -2.36. The zero-order valence-corrected chi connectivity index (χ0v) is 19.3. The number of rotatable bonds is 6. The lowest BCUT2D eigenvalue weighted by Gasteiger charge is -2.28. The van der Waals surface area contributed by atoms with Crippen molar-refractivity contribution in [3.8, 4) is 0 Å². The molecule has 3 rings (SSSR count). The van der Waals surface area contributed by atoms with E-state index in [1.54, 1.807) is 47.0 Å². The molecule has 1 atom stereocenters. The van der Waals surface area contributed by atoms with Crippen LogP contribution >= 0.6 is 22.9 Å². The topological polar surface area (TPSA) is 88.5 Å². The van der Waals surface area contributed by atoms with Gasteiger partial charge in [-0.2, -0.15) is 0 Å². The molecule has 0 bridgehead atoms. The molecule has 0 spiro atoms. The number of aromatic nitrogens is 1. The quantitative estimate of drug-likeness (QED) is 0.591. The SMILES string of the molecule is CC(C)n1c(=O)sc2cc(NC(=O)[C@H](C)N(c3ccc(Cl)cc3)S(C)(=O)=O)ccc21. The number of carbonyl (C=O) groups is 1. The highest BCUT2D eigenvalue weighted by molar-refractivity contribution is 7.92. The number of hydrogen-bond donors (Lipinski definition) is 1. The number of carbonyl (C=O) groups excluding carboxylic acids is 1. The summed E-state index contributed by atoms with van der Waals surface area (Å²) in [6, 6.07) is 10.4. The second-order valence-corrected chi connectivity index (χ2v) is 10.5. The summed E-state index contributed by atoms with van der Waals surface area (Å²) in [5.41, 5.74) is 1.62. The van der Waals surface area contributed by atoms with Crippen LogP contribution in [0.5, 0.6) is 0 Å². The molecule has 160 valence electrons. The maximum atomic E-state index is 12.9. The smallest absolute Gasteiger partial charge is 0.308 e. The van der Waals surface area contributed by atoms with Crippen molar-refractivity contribution in [3.05, 3.63) is 57.2 Å². The van der Waals surface area contributed by atoms with Crippen LogP contribution in [-0.4, -0.2) is 31.2 Å². The summed E-state index contributed by atoms with van der Waals surface area (Å²) >= 11 is 6.99. The second-order valence-electron chi connectivity index (χ2n) is 7.21. The van der Waals surface area contributed by atoms with Crippen molar-refractivity contribution in [2.45, 2.75) is 32.9 Å². The molecular formula is C20H22ClN3O4S2. The molecule has 0 aliphatic heterocycles. The Kier molecular flexibility index (Phi) is 6.26. The molecule has 1 heterocycles. The van der Waals surface area contributed by atoms with Crippen molar-refractivity contribution >= 4 is 60.5 Å². The Labute approximate surface area is 183 Å². The minimum atomic E-state index is -3.73. The molecule has 0 saturated heterocycles. The van der Waals surface area contributed by atoms with E-state index < -0.39 is 22.0 Å². The third-order valence-electron chi connectivity index (χ3n) is 4.57. The monoisotopic (exact) mass is 467 g/mol. The second kappa shape index (κ2) is 8.41. The predicted molar refractivity (Wildman–Crippen MR) is 123 cm³/mol. The minimum absolute atomic E-state index is 0.0226. The first-order valence-corrected chi connectivity index (χ1v) is 12.2. The predicted octanol–water partition coefficient (Wildman–Crippen LogP) is 4.09. The van der Waals surface area contributed by atoms with Crippen LogP contribution in [-0.2, 0) is 14.8 Å². The van der Waals surface area contributed by atoms with E-state index in [9.17, 15) is 18.0 Å². The zero-order valence-electron chi connectivity index (χ0n) is 16.9. The van der Waals surface area contributed by atoms with Crippen LogP contribution in [0.2, 0.25) is 5.02 Å². The highest BCUT2D eigenvalue weighted by atomic mass is 35.5. The third kappa shape index (κ3) is 4.53. The number of nitrogens with one attached hydrogen (secondary N) is 1. The van der Waals surface area contributed by atoms with Crippen molar-refractivity contribution in [3.63, 3.8) is 0 Å². The van der Waals surface area contributed by atoms with Gasteiger partial charge in [0.15, 0.2) is 0 Å². The summed E-state index contributed by atoms with van der Waals surface area (Å²) in [7, 11) is -3.73. The highest BCUT2D eigenvalue weighted by Crippen LogP contribution is 2.26. The molecule has 0 radical (unpaired) electrons. The van der Waals surface area contributed by atoms with Crippen LogP contribution in [0.3, 0.4) is 0 Å². The number of sulfonamides is 1. The Bertz CT molecular complexity index is 1250. The lowest BCUT2D eigenvalue weighted by Crippen LogP contribution is -2.45. The van der Waals surface area contributed by atoms with Crippen molar-refractivity contribution in [1.29, 1.82) is 0 Å². The highest BCUT2D eigenvalue weighted by Gasteiger charge is 2.29. The average Bonchev–Trinajstić information content (AvgIpc) is 2.97. The van der Waals surface area contributed by atoms with E-state index in [1.165, 1.54) is 6.92 Å². The van der Waals surface area contributed by atoms with Gasteiger partial charge < -0.3 is 5.32 Å². The molecule has 2 aromatic carbocycles. The minimum Gasteiger partial charge on any atom is -0.324 e. The number of fused-ring (bicyclic) bond motifs is 1. The van der Waals surface area contributed by atoms with Crippen LogP contribution < -0.4 is 14.5 Å². The van der Waals surface area contributed by atoms with Crippen LogP contribution in [0, 0.1) is 0 Å². The van der Waals surface area contributed by atoms with Crippen molar-refractivity contribution < 1.29 is 13.2 Å². The maximum Gasteiger partial charge on any atom is 0.308 e. The summed E-state index contributed by atoms with van der Waals surface area (Å²) < 4.78 is 28.2. The van der Waals surface area contributed by atoms with Crippen LogP contribution in [0.25, 0.3) is 10.2 Å². The Morgan fingerprint density at radius 2 is 1.77 bits per heavy atom. The zero-order chi connectivity index (χ0) is 22.2. The largest absolute Gasteiger partial charge is 0.324 e. The summed E-state index contributed by atoms with van der Waals surface area (Å²) in [5, 5.41) is 3.21. The molecule has 0 aliphatic rings. The lowest BCUT2D eigenvalue weighted by molar-refractivity contribution is -0.116. The number of hydrogen-bond acceptors (Lipinski definition) is 5. The van der Waals surface area contributed by atoms with Gasteiger partial charge in [-0.15, -0.1) is 0 Å². The maximum absolute atomic E-state index is 12.9. The number of halogens is 1. The number of amides is 1. The normalized spacial score (nSPS) is 12.9. The van der Waals surface area contributed by atoms with Gasteiger partial charge in [0.05, 0.1) is 22.2 Å². The summed E-state index contributed by atoms with van der Waals surface area (Å²) in [5.74, 6) is -0.495. The summed E-state index contributed by atoms with van der Waals surface area (Å²) in [6.45, 7) is 5.38. The lowest BCUT2D eigenvalue weighted by atomic mass is 10.2. The van der Waals surface area contributed by atoms with Gasteiger partial charge in [-0.3, -0.25) is 18.5 Å². The van der Waals surface area contributed by atoms with Gasteiger partial charge in [-0.25, -0.2) is 8.42 Å². The number of thiazole rings is 1. The molecule has 1 aromatic heterocycles. The fourth-order valence-electron chi connectivity index (χ4n) is 3.25. The number of nitrogens with zero attached hydrogens (tertiary/aromatic N) is 2. The Morgan fingerprint density at radius 1 is 1.13 bits per heavy atom. The molecule has 30 heavy (non-hydrogen) atoms. The van der Waals surface area contributed by atoms with Gasteiger partial charge in [0.25, 0.3) is 0 Å². The van der Waals surface area contributed by atoms with E-state index in [-0.39, 0.29) is 10.9 Å². The van der Waals surface area contributed by atoms with E-state index in [2.05, 4.69) is 5.32 Å². The average molecular weight is 468 g/mol. The van der Waals surface area contributed by atoms with E-state index in [0.717, 1.165) is 32.1 Å². The first-order valence-electron chi connectivity index (χ1n) is 9.20.